The summed E-state index contributed by atoms with van der Waals surface area (Å²) in [7, 11) is 0. The predicted molar refractivity (Wildman–Crippen MR) is 49.4 cm³/mol. The summed E-state index contributed by atoms with van der Waals surface area (Å²) in [6, 6.07) is 10.3. The first kappa shape index (κ1) is 8.06. The molecule has 0 fully saturated rings. The summed E-state index contributed by atoms with van der Waals surface area (Å²) in [5.74, 6) is 0.413. The second kappa shape index (κ2) is 3.97. The van der Waals surface area contributed by atoms with Gasteiger partial charge < -0.3 is 0 Å². The van der Waals surface area contributed by atoms with Crippen molar-refractivity contribution >= 4 is 0 Å². The lowest BCUT2D eigenvalue weighted by atomic mass is 9.97. The molecule has 1 atom stereocenters. The third-order valence-electron chi connectivity index (χ3n) is 1.82. The van der Waals surface area contributed by atoms with Gasteiger partial charge in [0.05, 0.1) is 0 Å². The van der Waals surface area contributed by atoms with Crippen molar-refractivity contribution < 1.29 is 0 Å². The summed E-state index contributed by atoms with van der Waals surface area (Å²) in [6.07, 6.45) is 2.83. The molecule has 57 valence electrons. The van der Waals surface area contributed by atoms with Gasteiger partial charge in [-0.3, -0.25) is 0 Å². The molecule has 0 nitrogen and oxygen atoms in total. The van der Waals surface area contributed by atoms with E-state index in [0.717, 1.165) is 6.42 Å². The Kier molecular flexibility index (Phi) is 2.91. The molecular formula is C11H13. The fraction of sp³-hybridized carbons (Fsp3) is 0.182. The zero-order valence-corrected chi connectivity index (χ0v) is 6.66. The Morgan fingerprint density at radius 3 is 2.36 bits per heavy atom. The predicted octanol–water partition coefficient (Wildman–Crippen LogP) is 3.18. The van der Waals surface area contributed by atoms with Crippen LogP contribution in [0.1, 0.15) is 17.9 Å². The number of benzene rings is 1. The van der Waals surface area contributed by atoms with E-state index in [1.807, 2.05) is 24.3 Å². The van der Waals surface area contributed by atoms with Gasteiger partial charge in [0.2, 0.25) is 0 Å². The van der Waals surface area contributed by atoms with Crippen LogP contribution in [0.2, 0.25) is 0 Å². The molecule has 0 spiro atoms. The number of rotatable bonds is 3. The molecule has 0 N–H and O–H groups in total. The minimum absolute atomic E-state index is 0.413. The van der Waals surface area contributed by atoms with Gasteiger partial charge in [-0.15, -0.1) is 6.58 Å². The minimum atomic E-state index is 0.413. The van der Waals surface area contributed by atoms with Crippen LogP contribution in [-0.2, 0) is 0 Å². The van der Waals surface area contributed by atoms with Gasteiger partial charge in [-0.05, 0) is 12.0 Å². The topological polar surface area (TPSA) is 0 Å². The zero-order valence-electron chi connectivity index (χ0n) is 6.66. The Bertz CT molecular complexity index is 211. The molecule has 0 heteroatoms. The van der Waals surface area contributed by atoms with E-state index < -0.39 is 0 Å². The lowest BCUT2D eigenvalue weighted by molar-refractivity contribution is 0.864. The quantitative estimate of drug-likeness (QED) is 0.573. The monoisotopic (exact) mass is 145 g/mol. The molecule has 11 heavy (non-hydrogen) atoms. The highest BCUT2D eigenvalue weighted by Gasteiger charge is 2.01. The fourth-order valence-corrected chi connectivity index (χ4v) is 1.12. The summed E-state index contributed by atoms with van der Waals surface area (Å²) >= 11 is 0. The lowest BCUT2D eigenvalue weighted by Crippen LogP contribution is -1.91. The first-order chi connectivity index (χ1) is 5.38. The molecule has 0 heterocycles. The number of hydrogen-bond donors (Lipinski definition) is 0. The van der Waals surface area contributed by atoms with Crippen molar-refractivity contribution in [2.45, 2.75) is 12.3 Å². The van der Waals surface area contributed by atoms with Gasteiger partial charge in [0.1, 0.15) is 0 Å². The molecule has 0 saturated carbocycles. The second-order valence-corrected chi connectivity index (χ2v) is 2.54. The van der Waals surface area contributed by atoms with Crippen LogP contribution in [-0.4, -0.2) is 0 Å². The van der Waals surface area contributed by atoms with Gasteiger partial charge in [0, 0.05) is 5.92 Å². The molecule has 1 radical (unpaired) electrons. The van der Waals surface area contributed by atoms with Gasteiger partial charge in [0.25, 0.3) is 0 Å². The Hall–Kier alpha value is -1.04. The number of allylic oxidation sites excluding steroid dienone is 1. The summed E-state index contributed by atoms with van der Waals surface area (Å²) in [6.45, 7) is 7.63. The van der Waals surface area contributed by atoms with E-state index in [1.54, 1.807) is 0 Å². The Labute approximate surface area is 68.6 Å². The largest absolute Gasteiger partial charge is 0.102 e. The molecule has 0 aliphatic rings. The van der Waals surface area contributed by atoms with Crippen molar-refractivity contribution in [3.8, 4) is 0 Å². The SMILES string of the molecule is [CH2]CC(C=C)c1ccccc1. The highest BCUT2D eigenvalue weighted by Crippen LogP contribution is 2.18. The van der Waals surface area contributed by atoms with Crippen molar-refractivity contribution in [3.05, 3.63) is 55.5 Å². The third kappa shape index (κ3) is 1.94. The van der Waals surface area contributed by atoms with Crippen LogP contribution >= 0.6 is 0 Å². The second-order valence-electron chi connectivity index (χ2n) is 2.54. The summed E-state index contributed by atoms with van der Waals surface area (Å²) in [5, 5.41) is 0. The van der Waals surface area contributed by atoms with Gasteiger partial charge in [-0.25, -0.2) is 0 Å². The first-order valence-corrected chi connectivity index (χ1v) is 3.85. The van der Waals surface area contributed by atoms with Crippen LogP contribution in [0.15, 0.2) is 43.0 Å². The van der Waals surface area contributed by atoms with E-state index in [-0.39, 0.29) is 0 Å². The maximum absolute atomic E-state index is 3.86. The lowest BCUT2D eigenvalue weighted by Gasteiger charge is -2.08. The van der Waals surface area contributed by atoms with Crippen molar-refractivity contribution in [1.29, 1.82) is 0 Å². The average Bonchev–Trinajstić information content (AvgIpc) is 2.09. The normalized spacial score (nSPS) is 12.5. The van der Waals surface area contributed by atoms with E-state index in [0.29, 0.717) is 5.92 Å². The molecule has 1 aromatic rings. The fourth-order valence-electron chi connectivity index (χ4n) is 1.12. The first-order valence-electron chi connectivity index (χ1n) is 3.85. The van der Waals surface area contributed by atoms with Gasteiger partial charge in [0.15, 0.2) is 0 Å². The van der Waals surface area contributed by atoms with Crippen molar-refractivity contribution in [2.75, 3.05) is 0 Å². The molecule has 0 bridgehead atoms. The maximum Gasteiger partial charge on any atom is 0.00152 e. The third-order valence-corrected chi connectivity index (χ3v) is 1.82. The molecule has 0 aliphatic heterocycles. The van der Waals surface area contributed by atoms with Crippen LogP contribution < -0.4 is 0 Å². The van der Waals surface area contributed by atoms with Crippen molar-refractivity contribution in [2.24, 2.45) is 0 Å². The van der Waals surface area contributed by atoms with Crippen LogP contribution in [0.3, 0.4) is 0 Å². The molecule has 0 aliphatic carbocycles. The van der Waals surface area contributed by atoms with E-state index in [2.05, 4.69) is 25.6 Å². The van der Waals surface area contributed by atoms with Crippen LogP contribution in [0.25, 0.3) is 0 Å². The molecule has 0 saturated heterocycles. The van der Waals surface area contributed by atoms with Crippen molar-refractivity contribution in [3.63, 3.8) is 0 Å². The zero-order chi connectivity index (χ0) is 8.10. The van der Waals surface area contributed by atoms with Gasteiger partial charge >= 0.3 is 0 Å². The number of hydrogen-bond acceptors (Lipinski definition) is 0. The Morgan fingerprint density at radius 2 is 1.91 bits per heavy atom. The molecule has 1 aromatic carbocycles. The van der Waals surface area contributed by atoms with E-state index in [1.165, 1.54) is 5.56 Å². The summed E-state index contributed by atoms with van der Waals surface area (Å²) in [5.41, 5.74) is 1.30. The Morgan fingerprint density at radius 1 is 1.27 bits per heavy atom. The average molecular weight is 145 g/mol. The van der Waals surface area contributed by atoms with Gasteiger partial charge in [-0.2, -0.15) is 0 Å². The molecular weight excluding hydrogens is 132 g/mol. The highest BCUT2D eigenvalue weighted by atomic mass is 14.1. The molecule has 1 unspecified atom stereocenters. The highest BCUT2D eigenvalue weighted by molar-refractivity contribution is 5.22. The standard InChI is InChI=1S/C11H13/c1-3-10(4-2)11-8-6-5-7-9-11/h3,5-10H,1-2,4H2. The minimum Gasteiger partial charge on any atom is -0.102 e. The smallest absolute Gasteiger partial charge is 0.00152 e. The molecule has 1 rings (SSSR count). The van der Waals surface area contributed by atoms with E-state index in [4.69, 9.17) is 0 Å². The van der Waals surface area contributed by atoms with Crippen LogP contribution in [0.5, 0.6) is 0 Å². The maximum atomic E-state index is 3.86. The van der Waals surface area contributed by atoms with Gasteiger partial charge in [-0.1, -0.05) is 43.3 Å². The van der Waals surface area contributed by atoms with Crippen LogP contribution in [0, 0.1) is 6.92 Å². The van der Waals surface area contributed by atoms with Crippen molar-refractivity contribution in [1.82, 2.24) is 0 Å². The summed E-state index contributed by atoms with van der Waals surface area (Å²) in [4.78, 5) is 0. The van der Waals surface area contributed by atoms with Crippen LogP contribution in [0.4, 0.5) is 0 Å². The van der Waals surface area contributed by atoms with E-state index >= 15 is 0 Å². The van der Waals surface area contributed by atoms with E-state index in [9.17, 15) is 0 Å². The Balaban J connectivity index is 2.82. The summed E-state index contributed by atoms with van der Waals surface area (Å²) < 4.78 is 0. The molecule has 0 aromatic heterocycles. The molecule has 0 amide bonds.